The van der Waals surface area contributed by atoms with E-state index < -0.39 is 0 Å². The Morgan fingerprint density at radius 3 is 2.79 bits per heavy atom. The molecule has 2 heterocycles. The maximum Gasteiger partial charge on any atom is 0.0774 e. The largest absolute Gasteiger partial charge is 0.379 e. The van der Waals surface area contributed by atoms with Crippen molar-refractivity contribution < 1.29 is 4.74 Å². The zero-order valence-corrected chi connectivity index (χ0v) is 9.16. The Balaban J connectivity index is 2.17. The van der Waals surface area contributed by atoms with Gasteiger partial charge in [0.05, 0.1) is 18.8 Å². The maximum atomic E-state index is 5.35. The second-order valence-corrected chi connectivity index (χ2v) is 4.98. The summed E-state index contributed by atoms with van der Waals surface area (Å²) in [6.45, 7) is 8.30. The topological polar surface area (TPSA) is 27.1 Å². The van der Waals surface area contributed by atoms with E-state index in [1.165, 1.54) is 5.56 Å². The van der Waals surface area contributed by atoms with Crippen molar-refractivity contribution in [3.63, 3.8) is 0 Å². The van der Waals surface area contributed by atoms with E-state index >= 15 is 0 Å². The molecule has 1 aromatic rings. The Hall–Kier alpha value is -0.830. The Labute approximate surface area is 85.1 Å². The highest BCUT2D eigenvalue weighted by Crippen LogP contribution is 2.24. The average molecular weight is 194 g/mol. The Bertz CT molecular complexity index is 305. The van der Waals surface area contributed by atoms with E-state index in [1.54, 1.807) is 0 Å². The molecule has 0 spiro atoms. The van der Waals surface area contributed by atoms with Crippen LogP contribution in [0.4, 0.5) is 0 Å². The lowest BCUT2D eigenvalue weighted by molar-refractivity contribution is 0.184. The molecule has 0 bridgehead atoms. The van der Waals surface area contributed by atoms with Crippen LogP contribution in [0.25, 0.3) is 0 Å². The predicted molar refractivity (Wildman–Crippen MR) is 55.4 cm³/mol. The zero-order valence-electron chi connectivity index (χ0n) is 9.16. The third-order valence-electron chi connectivity index (χ3n) is 2.75. The molecule has 0 aliphatic carbocycles. The molecule has 78 valence electrons. The molecule has 0 aromatic carbocycles. The molecule has 3 heteroatoms. The highest BCUT2D eigenvalue weighted by molar-refractivity contribution is 5.15. The molecule has 0 N–H and O–H groups in total. The van der Waals surface area contributed by atoms with Crippen molar-refractivity contribution in [3.8, 4) is 0 Å². The van der Waals surface area contributed by atoms with Crippen LogP contribution in [0.5, 0.6) is 0 Å². The van der Waals surface area contributed by atoms with Gasteiger partial charge in [0, 0.05) is 12.8 Å². The van der Waals surface area contributed by atoms with E-state index in [2.05, 4.69) is 32.1 Å². The molecule has 1 fully saturated rings. The molecule has 14 heavy (non-hydrogen) atoms. The first-order valence-corrected chi connectivity index (χ1v) is 5.20. The number of nitrogens with zero attached hydrogens (tertiary/aromatic N) is 2. The third kappa shape index (κ3) is 1.82. The first-order valence-electron chi connectivity index (χ1n) is 5.20. The van der Waals surface area contributed by atoms with Gasteiger partial charge in [0.2, 0.25) is 0 Å². The zero-order chi connectivity index (χ0) is 10.2. The van der Waals surface area contributed by atoms with Gasteiger partial charge in [0.15, 0.2) is 0 Å². The SMILES string of the molecule is CC(C)(C)c1cnn(C2CCOC2)c1. The van der Waals surface area contributed by atoms with Crippen LogP contribution in [0.3, 0.4) is 0 Å². The summed E-state index contributed by atoms with van der Waals surface area (Å²) in [6, 6.07) is 0.450. The average Bonchev–Trinajstić information content (AvgIpc) is 2.73. The highest BCUT2D eigenvalue weighted by Gasteiger charge is 2.21. The molecule has 1 unspecified atom stereocenters. The molecule has 3 nitrogen and oxygen atoms in total. The molecule has 0 saturated carbocycles. The van der Waals surface area contributed by atoms with Crippen LogP contribution in [0.15, 0.2) is 12.4 Å². The Kier molecular flexibility index (Phi) is 2.35. The first kappa shape index (κ1) is 9.71. The fourth-order valence-corrected chi connectivity index (χ4v) is 1.66. The van der Waals surface area contributed by atoms with E-state index in [9.17, 15) is 0 Å². The quantitative estimate of drug-likeness (QED) is 0.685. The highest BCUT2D eigenvalue weighted by atomic mass is 16.5. The minimum absolute atomic E-state index is 0.192. The second kappa shape index (κ2) is 3.39. The Morgan fingerprint density at radius 2 is 2.29 bits per heavy atom. The fourth-order valence-electron chi connectivity index (χ4n) is 1.66. The van der Waals surface area contributed by atoms with Gasteiger partial charge in [-0.3, -0.25) is 4.68 Å². The minimum atomic E-state index is 0.192. The molecule has 1 atom stereocenters. The van der Waals surface area contributed by atoms with Crippen molar-refractivity contribution in [2.45, 2.75) is 38.6 Å². The van der Waals surface area contributed by atoms with Crippen LogP contribution in [0.2, 0.25) is 0 Å². The van der Waals surface area contributed by atoms with Gasteiger partial charge in [0.1, 0.15) is 0 Å². The fraction of sp³-hybridized carbons (Fsp3) is 0.727. The number of rotatable bonds is 1. The molecular weight excluding hydrogens is 176 g/mol. The number of hydrogen-bond donors (Lipinski definition) is 0. The molecule has 1 saturated heterocycles. The summed E-state index contributed by atoms with van der Waals surface area (Å²) in [4.78, 5) is 0. The molecule has 2 rings (SSSR count). The van der Waals surface area contributed by atoms with E-state index in [0.29, 0.717) is 6.04 Å². The van der Waals surface area contributed by atoms with E-state index in [1.807, 2.05) is 10.9 Å². The summed E-state index contributed by atoms with van der Waals surface area (Å²) in [5.74, 6) is 0. The van der Waals surface area contributed by atoms with Gasteiger partial charge in [0.25, 0.3) is 0 Å². The van der Waals surface area contributed by atoms with Crippen LogP contribution < -0.4 is 0 Å². The van der Waals surface area contributed by atoms with Crippen molar-refractivity contribution in [1.29, 1.82) is 0 Å². The normalized spacial score (nSPS) is 22.9. The van der Waals surface area contributed by atoms with E-state index in [4.69, 9.17) is 4.74 Å². The standard InChI is InChI=1S/C11H18N2O/c1-11(2,3)9-6-12-13(7-9)10-4-5-14-8-10/h6-7,10H,4-5,8H2,1-3H3. The third-order valence-corrected chi connectivity index (χ3v) is 2.75. The molecular formula is C11H18N2O. The summed E-state index contributed by atoms with van der Waals surface area (Å²) in [5, 5.41) is 4.40. The molecule has 1 aliphatic rings. The summed E-state index contributed by atoms with van der Waals surface area (Å²) in [5.41, 5.74) is 1.49. The van der Waals surface area contributed by atoms with E-state index in [-0.39, 0.29) is 5.41 Å². The summed E-state index contributed by atoms with van der Waals surface area (Å²) in [7, 11) is 0. The molecule has 0 radical (unpaired) electrons. The maximum absolute atomic E-state index is 5.35. The van der Waals surface area contributed by atoms with Crippen molar-refractivity contribution in [1.82, 2.24) is 9.78 Å². The van der Waals surface area contributed by atoms with Gasteiger partial charge in [-0.15, -0.1) is 0 Å². The Morgan fingerprint density at radius 1 is 1.50 bits per heavy atom. The van der Waals surface area contributed by atoms with Gasteiger partial charge in [-0.1, -0.05) is 20.8 Å². The lowest BCUT2D eigenvalue weighted by Gasteiger charge is -2.15. The molecule has 1 aliphatic heterocycles. The first-order chi connectivity index (χ1) is 6.57. The van der Waals surface area contributed by atoms with E-state index in [0.717, 1.165) is 19.6 Å². The van der Waals surface area contributed by atoms with Crippen molar-refractivity contribution >= 4 is 0 Å². The van der Waals surface area contributed by atoms with Crippen LogP contribution >= 0.6 is 0 Å². The lowest BCUT2D eigenvalue weighted by Crippen LogP contribution is -2.11. The van der Waals surface area contributed by atoms with Crippen LogP contribution in [-0.4, -0.2) is 23.0 Å². The van der Waals surface area contributed by atoms with Gasteiger partial charge >= 0.3 is 0 Å². The predicted octanol–water partition coefficient (Wildman–Crippen LogP) is 2.14. The lowest BCUT2D eigenvalue weighted by atomic mass is 9.90. The van der Waals surface area contributed by atoms with Crippen LogP contribution in [0.1, 0.15) is 38.8 Å². The smallest absolute Gasteiger partial charge is 0.0774 e. The van der Waals surface area contributed by atoms with Gasteiger partial charge in [-0.05, 0) is 17.4 Å². The number of hydrogen-bond acceptors (Lipinski definition) is 2. The monoisotopic (exact) mass is 194 g/mol. The van der Waals surface area contributed by atoms with Crippen LogP contribution in [-0.2, 0) is 10.2 Å². The second-order valence-electron chi connectivity index (χ2n) is 4.98. The van der Waals surface area contributed by atoms with Crippen molar-refractivity contribution in [2.75, 3.05) is 13.2 Å². The van der Waals surface area contributed by atoms with Crippen molar-refractivity contribution in [3.05, 3.63) is 18.0 Å². The van der Waals surface area contributed by atoms with Crippen LogP contribution in [0, 0.1) is 0 Å². The summed E-state index contributed by atoms with van der Waals surface area (Å²) in [6.07, 6.45) is 5.21. The molecule has 0 amide bonds. The van der Waals surface area contributed by atoms with Gasteiger partial charge in [-0.25, -0.2) is 0 Å². The number of aromatic nitrogens is 2. The summed E-state index contributed by atoms with van der Waals surface area (Å²) < 4.78 is 7.39. The van der Waals surface area contributed by atoms with Crippen molar-refractivity contribution in [2.24, 2.45) is 0 Å². The molecule has 1 aromatic heterocycles. The minimum Gasteiger partial charge on any atom is -0.379 e. The summed E-state index contributed by atoms with van der Waals surface area (Å²) >= 11 is 0. The van der Waals surface area contributed by atoms with Gasteiger partial charge < -0.3 is 4.74 Å². The number of ether oxygens (including phenoxy) is 1. The van der Waals surface area contributed by atoms with Gasteiger partial charge in [-0.2, -0.15) is 5.10 Å².